The molecule has 0 radical (unpaired) electrons. The van der Waals surface area contributed by atoms with E-state index in [0.717, 1.165) is 41.7 Å². The molecule has 1 unspecified atom stereocenters. The highest BCUT2D eigenvalue weighted by atomic mass is 16.4. The van der Waals surface area contributed by atoms with Crippen molar-refractivity contribution >= 4 is 22.8 Å². The van der Waals surface area contributed by atoms with Gasteiger partial charge in [-0.1, -0.05) is 32.0 Å². The van der Waals surface area contributed by atoms with E-state index in [1.54, 1.807) is 13.8 Å². The minimum atomic E-state index is -1.30. The normalized spacial score (nSPS) is 16.7. The Hall–Kier alpha value is -2.47. The minimum Gasteiger partial charge on any atom is -0.480 e. The number of para-hydroxylation sites is 1. The van der Waals surface area contributed by atoms with Crippen LogP contribution < -0.4 is 5.32 Å². The Morgan fingerprint density at radius 2 is 2.04 bits per heavy atom. The molecule has 138 valence electrons. The number of fused-ring (bicyclic) bond motifs is 2. The lowest BCUT2D eigenvalue weighted by molar-refractivity contribution is -0.143. The molecule has 1 aliphatic rings. The molecule has 0 bridgehead atoms. The summed E-state index contributed by atoms with van der Waals surface area (Å²) in [5, 5.41) is 13.0. The van der Waals surface area contributed by atoms with Crippen molar-refractivity contribution in [1.82, 2.24) is 15.2 Å². The zero-order chi connectivity index (χ0) is 18.9. The standard InChI is InChI=1S/C20H25N3O3/c1-4-20(3,19(25)26)22-18(24)17-13-8-6-7-9-15(13)21-16-10-11-23(5-2)12-14(16)17/h6-9H,4-5,10-12H2,1-3H3,(H,22,24)(H,25,26). The number of benzene rings is 1. The van der Waals surface area contributed by atoms with Crippen LogP contribution in [-0.2, 0) is 17.8 Å². The Labute approximate surface area is 153 Å². The topological polar surface area (TPSA) is 82.5 Å². The molecule has 1 aromatic carbocycles. The molecule has 2 aromatic rings. The predicted octanol–water partition coefficient (Wildman–Crippen LogP) is 2.60. The summed E-state index contributed by atoms with van der Waals surface area (Å²) >= 11 is 0. The first-order valence-electron chi connectivity index (χ1n) is 9.08. The molecule has 1 aliphatic heterocycles. The van der Waals surface area contributed by atoms with Gasteiger partial charge in [-0.25, -0.2) is 4.79 Å². The summed E-state index contributed by atoms with van der Waals surface area (Å²) in [6, 6.07) is 7.56. The second-order valence-electron chi connectivity index (χ2n) is 6.99. The number of hydrogen-bond acceptors (Lipinski definition) is 4. The summed E-state index contributed by atoms with van der Waals surface area (Å²) in [7, 11) is 0. The Bertz CT molecular complexity index is 865. The van der Waals surface area contributed by atoms with Crippen molar-refractivity contribution < 1.29 is 14.7 Å². The average molecular weight is 355 g/mol. The van der Waals surface area contributed by atoms with E-state index in [0.29, 0.717) is 18.5 Å². The number of nitrogens with one attached hydrogen (secondary N) is 1. The summed E-state index contributed by atoms with van der Waals surface area (Å²) in [5.41, 5.74) is 1.89. The Balaban J connectivity index is 2.14. The predicted molar refractivity (Wildman–Crippen MR) is 100 cm³/mol. The van der Waals surface area contributed by atoms with Gasteiger partial charge < -0.3 is 10.4 Å². The molecule has 26 heavy (non-hydrogen) atoms. The highest BCUT2D eigenvalue weighted by Crippen LogP contribution is 2.28. The van der Waals surface area contributed by atoms with E-state index in [-0.39, 0.29) is 5.91 Å². The highest BCUT2D eigenvalue weighted by Gasteiger charge is 2.35. The number of carbonyl (C=O) groups excluding carboxylic acids is 1. The molecule has 0 saturated heterocycles. The van der Waals surface area contributed by atoms with Gasteiger partial charge in [0.1, 0.15) is 5.54 Å². The van der Waals surface area contributed by atoms with Crippen molar-refractivity contribution in [3.05, 3.63) is 41.1 Å². The van der Waals surface area contributed by atoms with Gasteiger partial charge in [0.2, 0.25) is 0 Å². The van der Waals surface area contributed by atoms with E-state index in [2.05, 4.69) is 17.1 Å². The number of likely N-dealkylation sites (N-methyl/N-ethyl adjacent to an activating group) is 1. The molecule has 1 aromatic heterocycles. The summed E-state index contributed by atoms with van der Waals surface area (Å²) in [6.07, 6.45) is 1.10. The maximum atomic E-state index is 13.2. The molecule has 0 aliphatic carbocycles. The first kappa shape index (κ1) is 18.3. The quantitative estimate of drug-likeness (QED) is 0.861. The molecule has 1 atom stereocenters. The van der Waals surface area contributed by atoms with Gasteiger partial charge in [-0.2, -0.15) is 0 Å². The summed E-state index contributed by atoms with van der Waals surface area (Å²) in [6.45, 7) is 7.86. The maximum Gasteiger partial charge on any atom is 0.329 e. The number of carboxylic acids is 1. The van der Waals surface area contributed by atoms with Gasteiger partial charge in [0, 0.05) is 36.2 Å². The van der Waals surface area contributed by atoms with Crippen LogP contribution in [0.4, 0.5) is 0 Å². The van der Waals surface area contributed by atoms with Gasteiger partial charge in [-0.05, 0) is 26.0 Å². The second-order valence-corrected chi connectivity index (χ2v) is 6.99. The molecule has 6 heteroatoms. The number of pyridine rings is 1. The van der Waals surface area contributed by atoms with Crippen molar-refractivity contribution in [3.8, 4) is 0 Å². The molecule has 3 rings (SSSR count). The Morgan fingerprint density at radius 3 is 2.69 bits per heavy atom. The van der Waals surface area contributed by atoms with Crippen LogP contribution in [0, 0.1) is 0 Å². The SMILES string of the molecule is CCN1CCc2nc3ccccc3c(C(=O)NC(C)(CC)C(=O)O)c2C1. The number of amides is 1. The molecule has 0 saturated carbocycles. The first-order chi connectivity index (χ1) is 12.4. The van der Waals surface area contributed by atoms with Gasteiger partial charge in [-0.3, -0.25) is 14.7 Å². The minimum absolute atomic E-state index is 0.306. The van der Waals surface area contributed by atoms with E-state index in [1.165, 1.54) is 0 Å². The molecule has 0 fully saturated rings. The fraction of sp³-hybridized carbons (Fsp3) is 0.450. The van der Waals surface area contributed by atoms with E-state index in [4.69, 9.17) is 4.98 Å². The fourth-order valence-corrected chi connectivity index (χ4v) is 3.38. The van der Waals surface area contributed by atoms with Crippen LogP contribution in [0.2, 0.25) is 0 Å². The fourth-order valence-electron chi connectivity index (χ4n) is 3.38. The lowest BCUT2D eigenvalue weighted by Gasteiger charge is -2.30. The third-order valence-corrected chi connectivity index (χ3v) is 5.37. The number of carboxylic acid groups (broad SMARTS) is 1. The van der Waals surface area contributed by atoms with Crippen molar-refractivity contribution in [1.29, 1.82) is 0 Å². The van der Waals surface area contributed by atoms with Crippen LogP contribution in [0.25, 0.3) is 10.9 Å². The number of carbonyl (C=O) groups is 2. The molecular weight excluding hydrogens is 330 g/mol. The summed E-state index contributed by atoms with van der Waals surface area (Å²) in [5.74, 6) is -1.37. The number of rotatable bonds is 5. The Kier molecular flexibility index (Phi) is 4.96. The van der Waals surface area contributed by atoms with Gasteiger partial charge in [0.15, 0.2) is 0 Å². The van der Waals surface area contributed by atoms with Crippen LogP contribution in [0.5, 0.6) is 0 Å². The number of hydrogen-bond donors (Lipinski definition) is 2. The second kappa shape index (κ2) is 7.03. The van der Waals surface area contributed by atoms with Gasteiger partial charge >= 0.3 is 5.97 Å². The van der Waals surface area contributed by atoms with Gasteiger partial charge in [0.05, 0.1) is 11.1 Å². The number of nitrogens with zero attached hydrogens (tertiary/aromatic N) is 2. The van der Waals surface area contributed by atoms with E-state index >= 15 is 0 Å². The number of aliphatic carboxylic acids is 1. The zero-order valence-corrected chi connectivity index (χ0v) is 15.5. The zero-order valence-electron chi connectivity index (χ0n) is 15.5. The van der Waals surface area contributed by atoms with Crippen LogP contribution in [-0.4, -0.2) is 45.5 Å². The third-order valence-electron chi connectivity index (χ3n) is 5.37. The maximum absolute atomic E-state index is 13.2. The Morgan fingerprint density at radius 1 is 1.31 bits per heavy atom. The molecule has 2 N–H and O–H groups in total. The molecule has 0 spiro atoms. The third kappa shape index (κ3) is 3.17. The van der Waals surface area contributed by atoms with Crippen LogP contribution in [0.15, 0.2) is 24.3 Å². The van der Waals surface area contributed by atoms with Crippen molar-refractivity contribution in [2.75, 3.05) is 13.1 Å². The lowest BCUT2D eigenvalue weighted by atomic mass is 9.93. The van der Waals surface area contributed by atoms with Crippen molar-refractivity contribution in [2.45, 2.75) is 45.7 Å². The van der Waals surface area contributed by atoms with Crippen LogP contribution in [0.1, 0.15) is 48.8 Å². The molecular formula is C20H25N3O3. The van der Waals surface area contributed by atoms with Crippen LogP contribution in [0.3, 0.4) is 0 Å². The van der Waals surface area contributed by atoms with Gasteiger partial charge in [-0.15, -0.1) is 0 Å². The highest BCUT2D eigenvalue weighted by molar-refractivity contribution is 6.09. The number of aromatic nitrogens is 1. The van der Waals surface area contributed by atoms with E-state index in [1.807, 2.05) is 24.3 Å². The molecule has 2 heterocycles. The smallest absolute Gasteiger partial charge is 0.329 e. The summed E-state index contributed by atoms with van der Waals surface area (Å²) in [4.78, 5) is 31.8. The average Bonchev–Trinajstić information content (AvgIpc) is 2.65. The van der Waals surface area contributed by atoms with Crippen molar-refractivity contribution in [2.24, 2.45) is 0 Å². The van der Waals surface area contributed by atoms with E-state index < -0.39 is 11.5 Å². The van der Waals surface area contributed by atoms with Crippen molar-refractivity contribution in [3.63, 3.8) is 0 Å². The summed E-state index contributed by atoms with van der Waals surface area (Å²) < 4.78 is 0. The van der Waals surface area contributed by atoms with Crippen LogP contribution >= 0.6 is 0 Å². The first-order valence-corrected chi connectivity index (χ1v) is 9.08. The monoisotopic (exact) mass is 355 g/mol. The largest absolute Gasteiger partial charge is 0.480 e. The lowest BCUT2D eigenvalue weighted by Crippen LogP contribution is -2.52. The molecule has 6 nitrogen and oxygen atoms in total. The van der Waals surface area contributed by atoms with Gasteiger partial charge in [0.25, 0.3) is 5.91 Å². The molecule has 1 amide bonds. The van der Waals surface area contributed by atoms with E-state index in [9.17, 15) is 14.7 Å².